The Morgan fingerprint density at radius 3 is 2.71 bits per heavy atom. The second kappa shape index (κ2) is 5.88. The Balaban J connectivity index is 2.53. The molecule has 4 nitrogen and oxygen atoms in total. The normalized spacial score (nSPS) is 11.7. The highest BCUT2D eigenvalue weighted by molar-refractivity contribution is 7.13. The number of nitrogens with zero attached hydrogens (tertiary/aromatic N) is 1. The minimum atomic E-state index is -4.78. The summed E-state index contributed by atoms with van der Waals surface area (Å²) in [5, 5.41) is 1.73. The van der Waals surface area contributed by atoms with Crippen molar-refractivity contribution in [3.63, 3.8) is 0 Å². The molecule has 0 aliphatic heterocycles. The Kier molecular flexibility index (Phi) is 4.36. The fourth-order valence-corrected chi connectivity index (χ4v) is 2.67. The molecular weight excluding hydrogens is 307 g/mol. The molecule has 2 aromatic rings. The Morgan fingerprint density at radius 2 is 2.14 bits per heavy atom. The number of carbonyl (C=O) groups excluding carboxylic acids is 1. The van der Waals surface area contributed by atoms with Gasteiger partial charge in [-0.3, -0.25) is 0 Å². The van der Waals surface area contributed by atoms with Crippen LogP contribution in [0.5, 0.6) is 0 Å². The number of esters is 1. The average Bonchev–Trinajstić information content (AvgIpc) is 3.04. The number of aryl methyl sites for hydroxylation is 1. The van der Waals surface area contributed by atoms with Gasteiger partial charge in [0.25, 0.3) is 0 Å². The molecule has 0 bridgehead atoms. The predicted octanol–water partition coefficient (Wildman–Crippen LogP) is 4.16. The summed E-state index contributed by atoms with van der Waals surface area (Å²) < 4.78 is 48.5. The number of rotatable bonds is 4. The van der Waals surface area contributed by atoms with E-state index in [1.54, 1.807) is 11.4 Å². The van der Waals surface area contributed by atoms with Gasteiger partial charge in [-0.05, 0) is 30.4 Å². The number of alkyl halides is 3. The summed E-state index contributed by atoms with van der Waals surface area (Å²) >= 11 is 1.21. The highest BCUT2D eigenvalue weighted by Gasteiger charge is 2.42. The van der Waals surface area contributed by atoms with Crippen molar-refractivity contribution in [1.29, 1.82) is 0 Å². The van der Waals surface area contributed by atoms with Crippen LogP contribution in [0.25, 0.3) is 10.8 Å². The van der Waals surface area contributed by atoms with Gasteiger partial charge in [-0.2, -0.15) is 13.2 Å². The maximum absolute atomic E-state index is 13.0. The third kappa shape index (κ3) is 3.10. The van der Waals surface area contributed by atoms with Crippen molar-refractivity contribution >= 4 is 17.3 Å². The van der Waals surface area contributed by atoms with Crippen LogP contribution in [-0.4, -0.2) is 17.6 Å². The van der Waals surface area contributed by atoms with Crippen LogP contribution in [0.15, 0.2) is 15.9 Å². The second-order valence-corrected chi connectivity index (χ2v) is 4.96. The third-order valence-electron chi connectivity index (χ3n) is 2.68. The van der Waals surface area contributed by atoms with E-state index in [2.05, 4.69) is 9.72 Å². The molecule has 0 N–H and O–H groups in total. The number of hydrogen-bond donors (Lipinski definition) is 0. The number of halogens is 3. The van der Waals surface area contributed by atoms with Crippen molar-refractivity contribution in [3.8, 4) is 10.8 Å². The van der Waals surface area contributed by atoms with Crippen LogP contribution in [0.2, 0.25) is 0 Å². The molecular formula is C13H12F3NO3S. The Labute approximate surface area is 122 Å². The molecule has 0 fully saturated rings. The fourth-order valence-electron chi connectivity index (χ4n) is 1.75. The molecule has 0 radical (unpaired) electrons. The largest absolute Gasteiger partial charge is 0.460 e. The van der Waals surface area contributed by atoms with Crippen molar-refractivity contribution in [3.05, 3.63) is 28.5 Å². The zero-order chi connectivity index (χ0) is 15.6. The van der Waals surface area contributed by atoms with Gasteiger partial charge < -0.3 is 9.15 Å². The zero-order valence-corrected chi connectivity index (χ0v) is 12.1. The Morgan fingerprint density at radius 1 is 1.43 bits per heavy atom. The average molecular weight is 319 g/mol. The zero-order valence-electron chi connectivity index (χ0n) is 11.3. The van der Waals surface area contributed by atoms with E-state index in [9.17, 15) is 18.0 Å². The number of aromatic nitrogens is 1. The second-order valence-electron chi connectivity index (χ2n) is 4.04. The van der Waals surface area contributed by atoms with Crippen LogP contribution in [0, 0.1) is 0 Å². The maximum atomic E-state index is 13.0. The van der Waals surface area contributed by atoms with Crippen LogP contribution < -0.4 is 0 Å². The van der Waals surface area contributed by atoms with E-state index in [-0.39, 0.29) is 12.5 Å². The predicted molar refractivity (Wildman–Crippen MR) is 70.2 cm³/mol. The number of carbonyl (C=O) groups is 1. The quantitative estimate of drug-likeness (QED) is 0.794. The first kappa shape index (κ1) is 15.6. The molecule has 0 saturated carbocycles. The van der Waals surface area contributed by atoms with Crippen molar-refractivity contribution in [2.75, 3.05) is 6.61 Å². The van der Waals surface area contributed by atoms with Crippen molar-refractivity contribution in [2.45, 2.75) is 26.4 Å². The lowest BCUT2D eigenvalue weighted by Crippen LogP contribution is -2.14. The summed E-state index contributed by atoms with van der Waals surface area (Å²) in [5.74, 6) is -2.29. The van der Waals surface area contributed by atoms with Crippen LogP contribution >= 0.6 is 11.3 Å². The van der Waals surface area contributed by atoms with Crippen LogP contribution in [0.1, 0.15) is 35.7 Å². The van der Waals surface area contributed by atoms with Crippen LogP contribution in [-0.2, 0) is 17.3 Å². The Bertz CT molecular complexity index is 645. The van der Waals surface area contributed by atoms with E-state index < -0.39 is 23.6 Å². The van der Waals surface area contributed by atoms with E-state index in [1.807, 2.05) is 6.92 Å². The van der Waals surface area contributed by atoms with E-state index >= 15 is 0 Å². The summed E-state index contributed by atoms with van der Waals surface area (Å²) in [7, 11) is 0. The summed E-state index contributed by atoms with van der Waals surface area (Å²) in [6, 6.07) is 1.78. The van der Waals surface area contributed by atoms with E-state index in [1.165, 1.54) is 18.3 Å². The number of thiophene rings is 1. The molecule has 114 valence electrons. The number of oxazole rings is 1. The molecule has 2 aromatic heterocycles. The minimum absolute atomic E-state index is 0.0502. The van der Waals surface area contributed by atoms with Gasteiger partial charge in [0.15, 0.2) is 5.69 Å². The standard InChI is InChI=1S/C13H12F3NO3S/c1-3-7-5-6-21-9(7)11-17-10(13(14,15)16)8(20-11)12(18)19-4-2/h5-6H,3-4H2,1-2H3. The highest BCUT2D eigenvalue weighted by Crippen LogP contribution is 2.37. The first-order chi connectivity index (χ1) is 9.88. The molecule has 0 unspecified atom stereocenters. The summed E-state index contributed by atoms with van der Waals surface area (Å²) in [6.45, 7) is 3.31. The molecule has 21 heavy (non-hydrogen) atoms. The van der Waals surface area contributed by atoms with E-state index in [0.717, 1.165) is 5.56 Å². The molecule has 2 rings (SSSR count). The smallest absolute Gasteiger partial charge is 0.437 e. The van der Waals surface area contributed by atoms with Gasteiger partial charge in [-0.15, -0.1) is 11.3 Å². The Hall–Kier alpha value is -1.83. The lowest BCUT2D eigenvalue weighted by atomic mass is 10.2. The summed E-state index contributed by atoms with van der Waals surface area (Å²) in [5.41, 5.74) is -0.545. The lowest BCUT2D eigenvalue weighted by molar-refractivity contribution is -0.141. The van der Waals surface area contributed by atoms with Crippen molar-refractivity contribution in [1.82, 2.24) is 4.98 Å². The molecule has 0 aromatic carbocycles. The van der Waals surface area contributed by atoms with Gasteiger partial charge in [0, 0.05) is 0 Å². The molecule has 2 heterocycles. The van der Waals surface area contributed by atoms with Crippen LogP contribution in [0.3, 0.4) is 0 Å². The topological polar surface area (TPSA) is 52.3 Å². The van der Waals surface area contributed by atoms with Gasteiger partial charge in [-0.1, -0.05) is 6.92 Å². The van der Waals surface area contributed by atoms with Crippen molar-refractivity contribution < 1.29 is 27.1 Å². The monoisotopic (exact) mass is 319 g/mol. The van der Waals surface area contributed by atoms with Crippen molar-refractivity contribution in [2.24, 2.45) is 0 Å². The fraction of sp³-hybridized carbons (Fsp3) is 0.385. The SMILES string of the molecule is CCOC(=O)c1oc(-c2sccc2CC)nc1C(F)(F)F. The van der Waals surface area contributed by atoms with Crippen LogP contribution in [0.4, 0.5) is 13.2 Å². The van der Waals surface area contributed by atoms with Gasteiger partial charge in [0.2, 0.25) is 11.7 Å². The minimum Gasteiger partial charge on any atom is -0.460 e. The molecule has 0 spiro atoms. The van der Waals surface area contributed by atoms with Gasteiger partial charge in [0.1, 0.15) is 0 Å². The molecule has 0 amide bonds. The number of ether oxygens (including phenoxy) is 1. The summed E-state index contributed by atoms with van der Waals surface area (Å²) in [4.78, 5) is 15.5. The first-order valence-electron chi connectivity index (χ1n) is 6.20. The molecule has 0 saturated heterocycles. The third-order valence-corrected chi connectivity index (χ3v) is 3.62. The molecule has 0 aliphatic carbocycles. The lowest BCUT2D eigenvalue weighted by Gasteiger charge is -2.03. The molecule has 0 aliphatic rings. The van der Waals surface area contributed by atoms with Gasteiger partial charge in [-0.25, -0.2) is 9.78 Å². The van der Waals surface area contributed by atoms with E-state index in [0.29, 0.717) is 11.3 Å². The molecule has 8 heteroatoms. The number of hydrogen-bond acceptors (Lipinski definition) is 5. The first-order valence-corrected chi connectivity index (χ1v) is 7.08. The highest BCUT2D eigenvalue weighted by atomic mass is 32.1. The van der Waals surface area contributed by atoms with Gasteiger partial charge in [0.05, 0.1) is 11.5 Å². The molecule has 0 atom stereocenters. The van der Waals surface area contributed by atoms with Gasteiger partial charge >= 0.3 is 12.1 Å². The maximum Gasteiger partial charge on any atom is 0.437 e. The summed E-state index contributed by atoms with van der Waals surface area (Å²) in [6.07, 6.45) is -4.16. The van der Waals surface area contributed by atoms with E-state index in [4.69, 9.17) is 4.42 Å².